The zero-order valence-electron chi connectivity index (χ0n) is 17.8. The molecule has 4 aromatic carbocycles. The first-order valence-electron chi connectivity index (χ1n) is 10.4. The fourth-order valence-electron chi connectivity index (χ4n) is 3.19. The van der Waals surface area contributed by atoms with E-state index in [-0.39, 0.29) is 6.03 Å². The normalized spacial score (nSPS) is 10.5. The van der Waals surface area contributed by atoms with Gasteiger partial charge in [0, 0.05) is 27.7 Å². The predicted molar refractivity (Wildman–Crippen MR) is 140 cm³/mol. The van der Waals surface area contributed by atoms with Gasteiger partial charge in [-0.1, -0.05) is 60.7 Å². The quantitative estimate of drug-likeness (QED) is 0.213. The van der Waals surface area contributed by atoms with Crippen LogP contribution in [0.1, 0.15) is 5.56 Å². The molecule has 33 heavy (non-hydrogen) atoms. The van der Waals surface area contributed by atoms with E-state index in [4.69, 9.17) is 5.14 Å². The Balaban J connectivity index is 1.29. The van der Waals surface area contributed by atoms with Crippen molar-refractivity contribution in [3.8, 4) is 11.1 Å². The first kappa shape index (κ1) is 22.8. The van der Waals surface area contributed by atoms with E-state index in [1.54, 1.807) is 11.9 Å². The number of hydrogen-bond acceptors (Lipinski definition) is 5. The van der Waals surface area contributed by atoms with E-state index in [1.165, 1.54) is 23.1 Å². The monoisotopic (exact) mass is 472 g/mol. The van der Waals surface area contributed by atoms with E-state index in [0.29, 0.717) is 6.54 Å². The van der Waals surface area contributed by atoms with Crippen LogP contribution in [-0.4, -0.2) is 6.03 Å². The lowest BCUT2D eigenvalue weighted by Gasteiger charge is -2.12. The first-order chi connectivity index (χ1) is 16.2. The van der Waals surface area contributed by atoms with Crippen LogP contribution in [0, 0.1) is 0 Å². The molecule has 0 saturated heterocycles. The van der Waals surface area contributed by atoms with Gasteiger partial charge in [-0.15, -0.1) is 0 Å². The van der Waals surface area contributed by atoms with E-state index >= 15 is 0 Å². The van der Waals surface area contributed by atoms with Crippen molar-refractivity contribution in [2.24, 2.45) is 5.14 Å². The van der Waals surface area contributed by atoms with Crippen molar-refractivity contribution in [2.45, 2.75) is 16.3 Å². The van der Waals surface area contributed by atoms with Gasteiger partial charge in [0.1, 0.15) is 0 Å². The molecule has 4 rings (SSSR count). The molecule has 0 aliphatic rings. The highest BCUT2D eigenvalue weighted by Crippen LogP contribution is 2.32. The second kappa shape index (κ2) is 11.5. The van der Waals surface area contributed by atoms with Gasteiger partial charge in [-0.2, -0.15) is 0 Å². The molecule has 5 nitrogen and oxygen atoms in total. The summed E-state index contributed by atoms with van der Waals surface area (Å²) in [5, 5.41) is 11.2. The highest BCUT2D eigenvalue weighted by molar-refractivity contribution is 8.00. The zero-order valence-corrected chi connectivity index (χ0v) is 19.5. The molecule has 0 aromatic heterocycles. The van der Waals surface area contributed by atoms with Gasteiger partial charge in [0.15, 0.2) is 0 Å². The van der Waals surface area contributed by atoms with Gasteiger partial charge in [-0.3, -0.25) is 5.14 Å². The third-order valence-corrected chi connectivity index (χ3v) is 6.36. The first-order valence-corrected chi connectivity index (χ1v) is 12.1. The Hall–Kier alpha value is -3.39. The Morgan fingerprint density at radius 3 is 2.15 bits per heavy atom. The topological polar surface area (TPSA) is 79.2 Å². The Morgan fingerprint density at radius 2 is 1.42 bits per heavy atom. The van der Waals surface area contributed by atoms with Crippen LogP contribution in [0.2, 0.25) is 0 Å². The van der Waals surface area contributed by atoms with Crippen molar-refractivity contribution in [3.05, 3.63) is 109 Å². The van der Waals surface area contributed by atoms with Crippen LogP contribution < -0.4 is 20.5 Å². The predicted octanol–water partition coefficient (Wildman–Crippen LogP) is 6.76. The van der Waals surface area contributed by atoms with E-state index in [2.05, 4.69) is 39.6 Å². The summed E-state index contributed by atoms with van der Waals surface area (Å²) >= 11 is 2.76. The lowest BCUT2D eigenvalue weighted by Crippen LogP contribution is -2.28. The minimum absolute atomic E-state index is 0.251. The standard InChI is InChI=1S/C26H24N4OS2/c27-32-23-16-10-19(11-17-23)18-28-26(31)29-21-12-14-22(15-13-21)30-33-25-9-5-4-8-24(25)20-6-2-1-3-7-20/h1-17,30H,18,27H2,(H2,28,29,31). The maximum Gasteiger partial charge on any atom is 0.319 e. The van der Waals surface area contributed by atoms with Crippen molar-refractivity contribution < 1.29 is 4.79 Å². The molecule has 0 saturated carbocycles. The molecule has 4 aromatic rings. The summed E-state index contributed by atoms with van der Waals surface area (Å²) in [6, 6.07) is 33.8. The molecule has 0 spiro atoms. The third-order valence-electron chi connectivity index (χ3n) is 4.91. The van der Waals surface area contributed by atoms with Crippen molar-refractivity contribution in [1.82, 2.24) is 5.32 Å². The Bertz CT molecular complexity index is 1180. The molecule has 0 aliphatic carbocycles. The van der Waals surface area contributed by atoms with Crippen LogP contribution in [0.15, 0.2) is 113 Å². The number of benzene rings is 4. The van der Waals surface area contributed by atoms with Crippen LogP contribution >= 0.6 is 23.9 Å². The Morgan fingerprint density at radius 1 is 0.758 bits per heavy atom. The van der Waals surface area contributed by atoms with E-state index in [0.717, 1.165) is 26.7 Å². The summed E-state index contributed by atoms with van der Waals surface area (Å²) in [5.41, 5.74) is 5.05. The van der Waals surface area contributed by atoms with Crippen molar-refractivity contribution in [2.75, 3.05) is 10.0 Å². The van der Waals surface area contributed by atoms with E-state index in [9.17, 15) is 4.79 Å². The number of anilines is 2. The number of amides is 2. The smallest absolute Gasteiger partial charge is 0.319 e. The third kappa shape index (κ3) is 6.55. The number of urea groups is 1. The van der Waals surface area contributed by atoms with Crippen LogP contribution in [0.5, 0.6) is 0 Å². The molecule has 7 heteroatoms. The number of carbonyl (C=O) groups is 1. The number of hydrogen-bond donors (Lipinski definition) is 4. The summed E-state index contributed by atoms with van der Waals surface area (Å²) < 4.78 is 3.39. The number of nitrogens with one attached hydrogen (secondary N) is 3. The van der Waals surface area contributed by atoms with E-state index in [1.807, 2.05) is 78.9 Å². The van der Waals surface area contributed by atoms with Gasteiger partial charge in [0.25, 0.3) is 0 Å². The number of carbonyl (C=O) groups excluding carboxylic acids is 1. The van der Waals surface area contributed by atoms with Gasteiger partial charge >= 0.3 is 6.03 Å². The van der Waals surface area contributed by atoms with Crippen LogP contribution in [0.3, 0.4) is 0 Å². The fourth-order valence-corrected chi connectivity index (χ4v) is 4.29. The molecule has 5 N–H and O–H groups in total. The van der Waals surface area contributed by atoms with Crippen LogP contribution in [-0.2, 0) is 6.54 Å². The molecule has 0 bridgehead atoms. The van der Waals surface area contributed by atoms with Crippen molar-refractivity contribution in [1.29, 1.82) is 0 Å². The minimum atomic E-state index is -0.251. The Labute approximate surface area is 202 Å². The van der Waals surface area contributed by atoms with Gasteiger partial charge in [0.05, 0.1) is 0 Å². The maximum atomic E-state index is 12.2. The molecule has 0 heterocycles. The molecular weight excluding hydrogens is 448 g/mol. The fraction of sp³-hybridized carbons (Fsp3) is 0.0385. The van der Waals surface area contributed by atoms with Crippen LogP contribution in [0.25, 0.3) is 11.1 Å². The second-order valence-electron chi connectivity index (χ2n) is 7.21. The lowest BCUT2D eigenvalue weighted by molar-refractivity contribution is 0.251. The number of nitrogens with two attached hydrogens (primary N) is 1. The minimum Gasteiger partial charge on any atom is -0.334 e. The molecule has 166 valence electrons. The second-order valence-corrected chi connectivity index (χ2v) is 8.77. The summed E-state index contributed by atoms with van der Waals surface area (Å²) in [5.74, 6) is 0. The molecule has 0 aliphatic heterocycles. The lowest BCUT2D eigenvalue weighted by atomic mass is 10.1. The molecule has 0 fully saturated rings. The van der Waals surface area contributed by atoms with Crippen molar-refractivity contribution >= 4 is 41.3 Å². The van der Waals surface area contributed by atoms with Crippen molar-refractivity contribution in [3.63, 3.8) is 0 Å². The SMILES string of the molecule is NSc1ccc(CNC(=O)Nc2ccc(NSc3ccccc3-c3ccccc3)cc2)cc1. The summed E-state index contributed by atoms with van der Waals surface area (Å²) in [6.07, 6.45) is 0. The maximum absolute atomic E-state index is 12.2. The number of rotatable bonds is 8. The van der Waals surface area contributed by atoms with Crippen LogP contribution in [0.4, 0.5) is 16.2 Å². The largest absolute Gasteiger partial charge is 0.334 e. The summed E-state index contributed by atoms with van der Waals surface area (Å²) in [4.78, 5) is 14.3. The van der Waals surface area contributed by atoms with Gasteiger partial charge < -0.3 is 15.4 Å². The van der Waals surface area contributed by atoms with Gasteiger partial charge in [-0.25, -0.2) is 4.79 Å². The average Bonchev–Trinajstić information content (AvgIpc) is 2.88. The summed E-state index contributed by atoms with van der Waals surface area (Å²) in [7, 11) is 0. The molecule has 2 amide bonds. The molecule has 0 unspecified atom stereocenters. The van der Waals surface area contributed by atoms with E-state index < -0.39 is 0 Å². The summed E-state index contributed by atoms with van der Waals surface area (Å²) in [6.45, 7) is 0.443. The Kier molecular flexibility index (Phi) is 7.92. The highest BCUT2D eigenvalue weighted by Gasteiger charge is 2.06. The molecular formula is C26H24N4OS2. The van der Waals surface area contributed by atoms with Gasteiger partial charge in [0.2, 0.25) is 0 Å². The molecule has 0 atom stereocenters. The highest BCUT2D eigenvalue weighted by atomic mass is 32.2. The van der Waals surface area contributed by atoms with Gasteiger partial charge in [-0.05, 0) is 83.1 Å². The zero-order chi connectivity index (χ0) is 22.9. The molecule has 0 radical (unpaired) electrons. The average molecular weight is 473 g/mol.